The van der Waals surface area contributed by atoms with Crippen molar-refractivity contribution in [3.8, 4) is 0 Å². The zero-order chi connectivity index (χ0) is 12.0. The largest absolute Gasteiger partial charge is 0.258 e. The van der Waals surface area contributed by atoms with E-state index in [1.54, 1.807) is 12.3 Å². The summed E-state index contributed by atoms with van der Waals surface area (Å²) in [5.74, 6) is 0. The van der Waals surface area contributed by atoms with Crippen LogP contribution in [-0.2, 0) is 4.33 Å². The minimum Gasteiger partial charge on any atom is -0.258 e. The summed E-state index contributed by atoms with van der Waals surface area (Å²) in [7, 11) is 0. The van der Waals surface area contributed by atoms with E-state index in [-0.39, 0.29) is 5.38 Å². The van der Waals surface area contributed by atoms with Gasteiger partial charge in [0.15, 0.2) is 4.33 Å². The average molecular weight is 281 g/mol. The Balaban J connectivity index is 2.62. The van der Waals surface area contributed by atoms with Crippen molar-refractivity contribution in [1.29, 1.82) is 0 Å². The SMILES string of the molecule is CCCCCC(Cl)C(Cl)(Cl)c1ccccn1. The molecule has 0 aliphatic heterocycles. The molecular weight excluding hydrogens is 264 g/mol. The summed E-state index contributed by atoms with van der Waals surface area (Å²) in [6.07, 6.45) is 5.82. The van der Waals surface area contributed by atoms with Gasteiger partial charge in [0.1, 0.15) is 0 Å². The van der Waals surface area contributed by atoms with Gasteiger partial charge in [-0.2, -0.15) is 0 Å². The van der Waals surface area contributed by atoms with E-state index in [0.29, 0.717) is 5.69 Å². The summed E-state index contributed by atoms with van der Waals surface area (Å²) in [5.41, 5.74) is 0.620. The highest BCUT2D eigenvalue weighted by Crippen LogP contribution is 2.41. The van der Waals surface area contributed by atoms with Gasteiger partial charge >= 0.3 is 0 Å². The Hall–Kier alpha value is 0.0200. The van der Waals surface area contributed by atoms with Gasteiger partial charge in [-0.25, -0.2) is 0 Å². The molecule has 1 heterocycles. The standard InChI is InChI=1S/C12H16Cl3N/c1-2-3-4-7-10(13)12(14,15)11-8-5-6-9-16-11/h5-6,8-10H,2-4,7H2,1H3. The van der Waals surface area contributed by atoms with E-state index in [1.165, 1.54) is 0 Å². The molecule has 0 saturated heterocycles. The zero-order valence-electron chi connectivity index (χ0n) is 9.30. The maximum Gasteiger partial charge on any atom is 0.175 e. The van der Waals surface area contributed by atoms with Gasteiger partial charge in [0.2, 0.25) is 0 Å². The number of unbranched alkanes of at least 4 members (excludes halogenated alkanes) is 2. The number of pyridine rings is 1. The van der Waals surface area contributed by atoms with Crippen LogP contribution in [0.4, 0.5) is 0 Å². The fraction of sp³-hybridized carbons (Fsp3) is 0.583. The van der Waals surface area contributed by atoms with Gasteiger partial charge in [-0.15, -0.1) is 11.6 Å². The topological polar surface area (TPSA) is 12.9 Å². The number of halogens is 3. The van der Waals surface area contributed by atoms with E-state index in [0.717, 1.165) is 25.7 Å². The van der Waals surface area contributed by atoms with Crippen LogP contribution in [-0.4, -0.2) is 10.4 Å². The molecule has 1 rings (SSSR count). The summed E-state index contributed by atoms with van der Waals surface area (Å²) >= 11 is 18.8. The first kappa shape index (κ1) is 14.1. The third-order valence-corrected chi connectivity index (χ3v) is 4.14. The van der Waals surface area contributed by atoms with Gasteiger partial charge in [0.05, 0.1) is 11.1 Å². The van der Waals surface area contributed by atoms with Crippen LogP contribution in [0.2, 0.25) is 0 Å². The summed E-state index contributed by atoms with van der Waals surface area (Å²) in [6.45, 7) is 2.15. The predicted molar refractivity (Wildman–Crippen MR) is 71.4 cm³/mol. The number of rotatable bonds is 6. The Labute approximate surface area is 112 Å². The maximum absolute atomic E-state index is 6.26. The average Bonchev–Trinajstić information content (AvgIpc) is 2.30. The molecule has 0 aromatic carbocycles. The molecule has 0 aliphatic rings. The zero-order valence-corrected chi connectivity index (χ0v) is 11.6. The molecule has 1 aromatic rings. The van der Waals surface area contributed by atoms with Crippen LogP contribution >= 0.6 is 34.8 Å². The number of alkyl halides is 3. The van der Waals surface area contributed by atoms with E-state index < -0.39 is 4.33 Å². The van der Waals surface area contributed by atoms with E-state index in [2.05, 4.69) is 11.9 Å². The lowest BCUT2D eigenvalue weighted by molar-refractivity contribution is 0.602. The molecule has 0 spiro atoms. The Morgan fingerprint density at radius 3 is 2.62 bits per heavy atom. The minimum atomic E-state index is -1.10. The van der Waals surface area contributed by atoms with Crippen molar-refractivity contribution in [2.45, 2.75) is 42.3 Å². The Morgan fingerprint density at radius 2 is 2.06 bits per heavy atom. The second-order valence-electron chi connectivity index (χ2n) is 3.80. The first-order valence-corrected chi connectivity index (χ1v) is 6.71. The number of hydrogen-bond donors (Lipinski definition) is 0. The van der Waals surface area contributed by atoms with E-state index >= 15 is 0 Å². The highest BCUT2D eigenvalue weighted by atomic mass is 35.5. The predicted octanol–water partition coefficient (Wildman–Crippen LogP) is 4.90. The fourth-order valence-corrected chi connectivity index (χ4v) is 2.18. The van der Waals surface area contributed by atoms with Crippen LogP contribution in [0, 0.1) is 0 Å². The molecule has 0 fully saturated rings. The van der Waals surface area contributed by atoms with Gasteiger partial charge < -0.3 is 0 Å². The smallest absolute Gasteiger partial charge is 0.175 e. The van der Waals surface area contributed by atoms with Crippen LogP contribution in [0.1, 0.15) is 38.3 Å². The van der Waals surface area contributed by atoms with Gasteiger partial charge in [-0.1, -0.05) is 55.5 Å². The summed E-state index contributed by atoms with van der Waals surface area (Å²) in [6, 6.07) is 5.49. The molecule has 90 valence electrons. The lowest BCUT2D eigenvalue weighted by Gasteiger charge is -2.24. The Morgan fingerprint density at radius 1 is 1.31 bits per heavy atom. The van der Waals surface area contributed by atoms with Crippen LogP contribution in [0.25, 0.3) is 0 Å². The fourth-order valence-electron chi connectivity index (χ4n) is 1.48. The summed E-state index contributed by atoms with van der Waals surface area (Å²) in [5, 5.41) is -0.308. The van der Waals surface area contributed by atoms with Crippen LogP contribution in [0.15, 0.2) is 24.4 Å². The van der Waals surface area contributed by atoms with E-state index in [9.17, 15) is 0 Å². The van der Waals surface area contributed by atoms with Crippen molar-refractivity contribution >= 4 is 34.8 Å². The number of aromatic nitrogens is 1. The first-order chi connectivity index (χ1) is 7.59. The monoisotopic (exact) mass is 279 g/mol. The molecule has 0 N–H and O–H groups in total. The summed E-state index contributed by atoms with van der Waals surface area (Å²) < 4.78 is -1.10. The van der Waals surface area contributed by atoms with Crippen LogP contribution in [0.5, 0.6) is 0 Å². The molecule has 0 aliphatic carbocycles. The molecule has 0 amide bonds. The molecule has 0 radical (unpaired) electrons. The molecule has 1 atom stereocenters. The van der Waals surface area contributed by atoms with Crippen molar-refractivity contribution in [2.24, 2.45) is 0 Å². The van der Waals surface area contributed by atoms with Gasteiger partial charge in [-0.3, -0.25) is 4.98 Å². The third-order valence-electron chi connectivity index (χ3n) is 2.46. The Kier molecular flexibility index (Phi) is 5.88. The van der Waals surface area contributed by atoms with Gasteiger partial charge in [0, 0.05) is 6.20 Å². The van der Waals surface area contributed by atoms with Crippen LogP contribution in [0.3, 0.4) is 0 Å². The molecular formula is C12H16Cl3N. The minimum absolute atomic E-state index is 0.308. The van der Waals surface area contributed by atoms with E-state index in [4.69, 9.17) is 34.8 Å². The maximum atomic E-state index is 6.26. The molecule has 1 unspecified atom stereocenters. The van der Waals surface area contributed by atoms with E-state index in [1.807, 2.05) is 12.1 Å². The second-order valence-corrected chi connectivity index (χ2v) is 5.71. The van der Waals surface area contributed by atoms with Gasteiger partial charge in [-0.05, 0) is 18.6 Å². The van der Waals surface area contributed by atoms with Crippen molar-refractivity contribution in [1.82, 2.24) is 4.98 Å². The van der Waals surface area contributed by atoms with Crippen molar-refractivity contribution in [2.75, 3.05) is 0 Å². The molecule has 16 heavy (non-hydrogen) atoms. The van der Waals surface area contributed by atoms with Crippen molar-refractivity contribution in [3.63, 3.8) is 0 Å². The first-order valence-electron chi connectivity index (χ1n) is 5.52. The highest BCUT2D eigenvalue weighted by molar-refractivity contribution is 6.51. The molecule has 0 bridgehead atoms. The molecule has 1 aromatic heterocycles. The van der Waals surface area contributed by atoms with Gasteiger partial charge in [0.25, 0.3) is 0 Å². The number of nitrogens with zero attached hydrogens (tertiary/aromatic N) is 1. The van der Waals surface area contributed by atoms with Crippen molar-refractivity contribution in [3.05, 3.63) is 30.1 Å². The normalized spacial score (nSPS) is 13.8. The number of hydrogen-bond acceptors (Lipinski definition) is 1. The highest BCUT2D eigenvalue weighted by Gasteiger charge is 2.36. The molecule has 0 saturated carbocycles. The summed E-state index contributed by atoms with van der Waals surface area (Å²) in [4.78, 5) is 4.15. The second kappa shape index (κ2) is 6.68. The third kappa shape index (κ3) is 3.80. The van der Waals surface area contributed by atoms with Crippen molar-refractivity contribution < 1.29 is 0 Å². The lowest BCUT2D eigenvalue weighted by Crippen LogP contribution is -2.25. The van der Waals surface area contributed by atoms with Crippen LogP contribution < -0.4 is 0 Å². The lowest BCUT2D eigenvalue weighted by atomic mass is 10.1. The Bertz CT molecular complexity index is 300. The molecule has 1 nitrogen and oxygen atoms in total. The molecule has 4 heteroatoms. The quantitative estimate of drug-likeness (QED) is 0.533.